The quantitative estimate of drug-likeness (QED) is 0.681. The first-order chi connectivity index (χ1) is 5.96. The maximum absolute atomic E-state index is 12.5. The van der Waals surface area contributed by atoms with Crippen molar-refractivity contribution in [3.8, 4) is 0 Å². The molecule has 1 aromatic heterocycles. The van der Waals surface area contributed by atoms with Crippen LogP contribution in [0.1, 0.15) is 24.3 Å². The van der Waals surface area contributed by atoms with Crippen LogP contribution in [0.25, 0.3) is 0 Å². The molecule has 1 saturated carbocycles. The molecule has 0 saturated heterocycles. The van der Waals surface area contributed by atoms with E-state index < -0.39 is 11.6 Å². The van der Waals surface area contributed by atoms with Crippen LogP contribution in [0.3, 0.4) is 0 Å². The third-order valence-electron chi connectivity index (χ3n) is 2.39. The molecule has 0 unspecified atom stereocenters. The largest absolute Gasteiger partial charge is 0.401 e. The highest BCUT2D eigenvalue weighted by molar-refractivity contribution is 5.26. The van der Waals surface area contributed by atoms with E-state index in [0.717, 1.165) is 0 Å². The third-order valence-corrected chi connectivity index (χ3v) is 2.39. The van der Waals surface area contributed by atoms with Crippen LogP contribution in [-0.2, 0) is 5.41 Å². The Hall–Kier alpha value is -1.00. The fourth-order valence-electron chi connectivity index (χ4n) is 1.38. The summed E-state index contributed by atoms with van der Waals surface area (Å²) in [4.78, 5) is 0. The first-order valence-electron chi connectivity index (χ1n) is 3.96. The lowest BCUT2D eigenvalue weighted by Gasteiger charge is -2.14. The van der Waals surface area contributed by atoms with Crippen LogP contribution >= 0.6 is 0 Å². The number of aryl methyl sites for hydroxylation is 1. The van der Waals surface area contributed by atoms with Crippen LogP contribution in [0.5, 0.6) is 0 Å². The first-order valence-corrected chi connectivity index (χ1v) is 3.96. The molecule has 1 fully saturated rings. The van der Waals surface area contributed by atoms with Gasteiger partial charge < -0.3 is 4.52 Å². The normalized spacial score (nSPS) is 20.3. The summed E-state index contributed by atoms with van der Waals surface area (Å²) in [6.07, 6.45) is -3.98. The van der Waals surface area contributed by atoms with Gasteiger partial charge in [0.1, 0.15) is 5.41 Å². The van der Waals surface area contributed by atoms with Crippen LogP contribution in [0.2, 0.25) is 0 Å². The second kappa shape index (κ2) is 2.27. The molecule has 0 amide bonds. The molecule has 1 aromatic rings. The number of rotatable bonds is 1. The van der Waals surface area contributed by atoms with E-state index in [1.807, 2.05) is 0 Å². The van der Waals surface area contributed by atoms with E-state index in [1.54, 1.807) is 6.92 Å². The molecule has 13 heavy (non-hydrogen) atoms. The summed E-state index contributed by atoms with van der Waals surface area (Å²) in [6.45, 7) is 1.61. The van der Waals surface area contributed by atoms with Crippen LogP contribution in [-0.4, -0.2) is 11.3 Å². The van der Waals surface area contributed by atoms with Gasteiger partial charge in [0.15, 0.2) is 5.76 Å². The van der Waals surface area contributed by atoms with Gasteiger partial charge in [0.2, 0.25) is 0 Å². The van der Waals surface area contributed by atoms with E-state index in [1.165, 1.54) is 6.07 Å². The van der Waals surface area contributed by atoms with Crippen molar-refractivity contribution in [2.75, 3.05) is 0 Å². The van der Waals surface area contributed by atoms with E-state index in [4.69, 9.17) is 0 Å². The Kier molecular flexibility index (Phi) is 1.50. The fraction of sp³-hybridized carbons (Fsp3) is 0.625. The molecule has 0 radical (unpaired) electrons. The Bertz CT molecular complexity index is 324. The van der Waals surface area contributed by atoms with Gasteiger partial charge in [-0.15, -0.1) is 0 Å². The molecular weight excluding hydrogens is 183 g/mol. The van der Waals surface area contributed by atoms with Crippen molar-refractivity contribution < 1.29 is 17.7 Å². The van der Waals surface area contributed by atoms with Gasteiger partial charge in [0.05, 0.1) is 5.69 Å². The first kappa shape index (κ1) is 8.59. The summed E-state index contributed by atoms with van der Waals surface area (Å²) in [5, 5.41) is 3.46. The topological polar surface area (TPSA) is 26.0 Å². The van der Waals surface area contributed by atoms with Crippen LogP contribution < -0.4 is 0 Å². The molecule has 0 N–H and O–H groups in total. The van der Waals surface area contributed by atoms with Crippen molar-refractivity contribution in [1.29, 1.82) is 0 Å². The van der Waals surface area contributed by atoms with Crippen molar-refractivity contribution in [1.82, 2.24) is 5.16 Å². The van der Waals surface area contributed by atoms with Crippen molar-refractivity contribution in [2.24, 2.45) is 0 Å². The summed E-state index contributed by atoms with van der Waals surface area (Å²) in [5.41, 5.74) is -1.24. The maximum Gasteiger partial charge on any atom is 0.401 e. The summed E-state index contributed by atoms with van der Waals surface area (Å²) >= 11 is 0. The Morgan fingerprint density at radius 1 is 1.46 bits per heavy atom. The summed E-state index contributed by atoms with van der Waals surface area (Å²) in [7, 11) is 0. The lowest BCUT2D eigenvalue weighted by atomic mass is 10.0. The van der Waals surface area contributed by atoms with Crippen molar-refractivity contribution in [2.45, 2.75) is 31.4 Å². The number of aromatic nitrogens is 1. The highest BCUT2D eigenvalue weighted by Crippen LogP contribution is 2.58. The molecule has 0 spiro atoms. The molecule has 0 aromatic carbocycles. The lowest BCUT2D eigenvalue weighted by Crippen LogP contribution is -2.28. The summed E-state index contributed by atoms with van der Waals surface area (Å²) < 4.78 is 42.2. The maximum atomic E-state index is 12.5. The van der Waals surface area contributed by atoms with Crippen LogP contribution in [0.4, 0.5) is 13.2 Å². The second-order valence-electron chi connectivity index (χ2n) is 3.41. The average Bonchev–Trinajstić information content (AvgIpc) is 2.70. The van der Waals surface area contributed by atoms with E-state index in [9.17, 15) is 13.2 Å². The number of alkyl halides is 3. The third kappa shape index (κ3) is 1.14. The van der Waals surface area contributed by atoms with E-state index >= 15 is 0 Å². The van der Waals surface area contributed by atoms with Crippen molar-refractivity contribution in [3.63, 3.8) is 0 Å². The van der Waals surface area contributed by atoms with Gasteiger partial charge in [0.25, 0.3) is 0 Å². The van der Waals surface area contributed by atoms with Gasteiger partial charge in [-0.25, -0.2) is 0 Å². The molecule has 0 bridgehead atoms. The summed E-state index contributed by atoms with van der Waals surface area (Å²) in [6, 6.07) is 1.36. The molecule has 2 rings (SSSR count). The summed E-state index contributed by atoms with van der Waals surface area (Å²) in [5.74, 6) is -0.0440. The molecular formula is C8H8F3NO. The zero-order valence-corrected chi connectivity index (χ0v) is 6.98. The highest BCUT2D eigenvalue weighted by Gasteiger charge is 2.66. The van der Waals surface area contributed by atoms with Gasteiger partial charge in [-0.3, -0.25) is 0 Å². The van der Waals surface area contributed by atoms with E-state index in [-0.39, 0.29) is 18.6 Å². The van der Waals surface area contributed by atoms with Crippen LogP contribution in [0.15, 0.2) is 10.6 Å². The number of halogens is 3. The molecule has 1 aliphatic rings. The minimum atomic E-state index is -4.21. The minimum Gasteiger partial charge on any atom is -0.360 e. The van der Waals surface area contributed by atoms with Crippen molar-refractivity contribution >= 4 is 0 Å². The molecule has 0 atom stereocenters. The van der Waals surface area contributed by atoms with E-state index in [2.05, 4.69) is 9.68 Å². The van der Waals surface area contributed by atoms with Gasteiger partial charge in [-0.2, -0.15) is 13.2 Å². The van der Waals surface area contributed by atoms with E-state index in [0.29, 0.717) is 5.69 Å². The molecule has 1 heterocycles. The molecule has 1 aliphatic carbocycles. The molecule has 0 aliphatic heterocycles. The zero-order chi connectivity index (χ0) is 9.69. The van der Waals surface area contributed by atoms with Crippen LogP contribution in [0, 0.1) is 6.92 Å². The Balaban J connectivity index is 2.36. The highest BCUT2D eigenvalue weighted by atomic mass is 19.4. The standard InChI is InChI=1S/C8H8F3NO/c1-5-4-6(13-12-5)7(2-3-7)8(9,10)11/h4H,2-3H2,1H3. The predicted molar refractivity (Wildman–Crippen MR) is 38.2 cm³/mol. The number of hydrogen-bond donors (Lipinski definition) is 0. The Morgan fingerprint density at radius 3 is 2.38 bits per heavy atom. The predicted octanol–water partition coefficient (Wildman–Crippen LogP) is 2.58. The zero-order valence-electron chi connectivity index (χ0n) is 6.98. The van der Waals surface area contributed by atoms with Gasteiger partial charge in [-0.05, 0) is 19.8 Å². The molecule has 72 valence electrons. The van der Waals surface area contributed by atoms with Gasteiger partial charge >= 0.3 is 6.18 Å². The van der Waals surface area contributed by atoms with Crippen molar-refractivity contribution in [3.05, 3.63) is 17.5 Å². The SMILES string of the molecule is Cc1cc(C2(C(F)(F)F)CC2)on1. The number of nitrogens with zero attached hydrogens (tertiary/aromatic N) is 1. The fourth-order valence-corrected chi connectivity index (χ4v) is 1.38. The minimum absolute atomic E-state index is 0.0440. The smallest absolute Gasteiger partial charge is 0.360 e. The molecule has 2 nitrogen and oxygen atoms in total. The second-order valence-corrected chi connectivity index (χ2v) is 3.41. The van der Waals surface area contributed by atoms with Gasteiger partial charge in [-0.1, -0.05) is 5.16 Å². The molecule has 5 heteroatoms. The average molecular weight is 191 g/mol. The number of hydrogen-bond acceptors (Lipinski definition) is 2. The monoisotopic (exact) mass is 191 g/mol. The van der Waals surface area contributed by atoms with Gasteiger partial charge in [0, 0.05) is 6.07 Å². The Labute approximate surface area is 72.7 Å². The lowest BCUT2D eigenvalue weighted by molar-refractivity contribution is -0.165. The Morgan fingerprint density at radius 2 is 2.08 bits per heavy atom.